The van der Waals surface area contributed by atoms with Gasteiger partial charge in [-0.1, -0.05) is 0 Å². The van der Waals surface area contributed by atoms with Crippen molar-refractivity contribution in [3.8, 4) is 0 Å². The lowest BCUT2D eigenvalue weighted by atomic mass is 10.2. The standard InChI is InChI=1S/C8H16O3/c1-3-9-4-5-10-6-8(2)7-11-8/h3-7H2,1-2H3. The third kappa shape index (κ3) is 3.70. The molecule has 0 spiro atoms. The Hall–Kier alpha value is -0.120. The molecule has 0 aliphatic carbocycles. The van der Waals surface area contributed by atoms with Gasteiger partial charge < -0.3 is 14.2 Å². The molecule has 0 radical (unpaired) electrons. The van der Waals surface area contributed by atoms with E-state index in [-0.39, 0.29) is 5.60 Å². The molecule has 1 aliphatic heterocycles. The average Bonchev–Trinajstić information content (AvgIpc) is 2.69. The summed E-state index contributed by atoms with van der Waals surface area (Å²) in [6.07, 6.45) is 0. The molecule has 0 bridgehead atoms. The largest absolute Gasteiger partial charge is 0.379 e. The molecule has 3 nitrogen and oxygen atoms in total. The minimum Gasteiger partial charge on any atom is -0.379 e. The van der Waals surface area contributed by atoms with Crippen LogP contribution in [0.2, 0.25) is 0 Å². The van der Waals surface area contributed by atoms with Crippen LogP contribution >= 0.6 is 0 Å². The molecule has 0 N–H and O–H groups in total. The first-order valence-electron chi connectivity index (χ1n) is 4.06. The van der Waals surface area contributed by atoms with Crippen LogP contribution in [0.1, 0.15) is 13.8 Å². The van der Waals surface area contributed by atoms with Crippen LogP contribution in [-0.4, -0.2) is 38.6 Å². The molecule has 0 aromatic rings. The predicted molar refractivity (Wildman–Crippen MR) is 41.7 cm³/mol. The molecule has 66 valence electrons. The van der Waals surface area contributed by atoms with Crippen molar-refractivity contribution in [2.75, 3.05) is 33.0 Å². The van der Waals surface area contributed by atoms with Crippen molar-refractivity contribution < 1.29 is 14.2 Å². The Labute approximate surface area is 67.6 Å². The van der Waals surface area contributed by atoms with Crippen molar-refractivity contribution in [1.82, 2.24) is 0 Å². The number of hydrogen-bond acceptors (Lipinski definition) is 3. The van der Waals surface area contributed by atoms with Gasteiger partial charge in [-0.3, -0.25) is 0 Å². The summed E-state index contributed by atoms with van der Waals surface area (Å²) in [7, 11) is 0. The summed E-state index contributed by atoms with van der Waals surface area (Å²) in [6.45, 7) is 7.68. The van der Waals surface area contributed by atoms with Crippen LogP contribution in [0.3, 0.4) is 0 Å². The van der Waals surface area contributed by atoms with Gasteiger partial charge in [0.25, 0.3) is 0 Å². The van der Waals surface area contributed by atoms with Gasteiger partial charge in [-0.25, -0.2) is 0 Å². The Morgan fingerprint density at radius 2 is 2.00 bits per heavy atom. The molecule has 1 atom stereocenters. The smallest absolute Gasteiger partial charge is 0.112 e. The third-order valence-electron chi connectivity index (χ3n) is 1.62. The summed E-state index contributed by atoms with van der Waals surface area (Å²) in [5.41, 5.74) is 0.0201. The molecule has 11 heavy (non-hydrogen) atoms. The fraction of sp³-hybridized carbons (Fsp3) is 1.00. The van der Waals surface area contributed by atoms with Gasteiger partial charge in [0.1, 0.15) is 5.60 Å². The molecule has 1 rings (SSSR count). The van der Waals surface area contributed by atoms with E-state index in [0.29, 0.717) is 19.8 Å². The van der Waals surface area contributed by atoms with Gasteiger partial charge in [-0.2, -0.15) is 0 Å². The molecule has 1 heterocycles. The number of ether oxygens (including phenoxy) is 3. The van der Waals surface area contributed by atoms with Crippen LogP contribution in [-0.2, 0) is 14.2 Å². The minimum absolute atomic E-state index is 0.0201. The fourth-order valence-electron chi connectivity index (χ4n) is 0.757. The molecular weight excluding hydrogens is 144 g/mol. The summed E-state index contributed by atoms with van der Waals surface area (Å²) in [5, 5.41) is 0. The van der Waals surface area contributed by atoms with E-state index in [2.05, 4.69) is 0 Å². The molecule has 1 unspecified atom stereocenters. The minimum atomic E-state index is 0.0201. The van der Waals surface area contributed by atoms with Crippen LogP contribution in [0.5, 0.6) is 0 Å². The zero-order chi connectivity index (χ0) is 8.16. The van der Waals surface area contributed by atoms with E-state index in [0.717, 1.165) is 13.2 Å². The van der Waals surface area contributed by atoms with Crippen molar-refractivity contribution >= 4 is 0 Å². The maximum atomic E-state index is 5.31. The van der Waals surface area contributed by atoms with E-state index in [1.807, 2.05) is 13.8 Å². The fourth-order valence-corrected chi connectivity index (χ4v) is 0.757. The molecule has 1 fully saturated rings. The summed E-state index contributed by atoms with van der Waals surface area (Å²) in [5.74, 6) is 0. The molecule has 0 aromatic carbocycles. The molecule has 0 aromatic heterocycles. The predicted octanol–water partition coefficient (Wildman–Crippen LogP) is 0.828. The van der Waals surface area contributed by atoms with Gasteiger partial charge in [0.15, 0.2) is 0 Å². The van der Waals surface area contributed by atoms with Gasteiger partial charge in [0, 0.05) is 6.61 Å². The monoisotopic (exact) mass is 160 g/mol. The zero-order valence-corrected chi connectivity index (χ0v) is 7.26. The Morgan fingerprint density at radius 1 is 1.36 bits per heavy atom. The Kier molecular flexibility index (Phi) is 3.30. The van der Waals surface area contributed by atoms with Crippen molar-refractivity contribution in [1.29, 1.82) is 0 Å². The Bertz CT molecular complexity index is 110. The van der Waals surface area contributed by atoms with Crippen LogP contribution in [0.25, 0.3) is 0 Å². The van der Waals surface area contributed by atoms with Crippen molar-refractivity contribution in [2.45, 2.75) is 19.4 Å². The van der Waals surface area contributed by atoms with Crippen molar-refractivity contribution in [3.63, 3.8) is 0 Å². The van der Waals surface area contributed by atoms with Gasteiger partial charge in [0.05, 0.1) is 26.4 Å². The normalized spacial score (nSPS) is 28.9. The molecular formula is C8H16O3. The molecule has 0 amide bonds. The quantitative estimate of drug-likeness (QED) is 0.426. The highest BCUT2D eigenvalue weighted by atomic mass is 16.6. The van der Waals surface area contributed by atoms with E-state index in [4.69, 9.17) is 14.2 Å². The maximum Gasteiger partial charge on any atom is 0.112 e. The molecule has 1 saturated heterocycles. The second-order valence-corrected chi connectivity index (χ2v) is 2.99. The van der Waals surface area contributed by atoms with Crippen molar-refractivity contribution in [2.24, 2.45) is 0 Å². The van der Waals surface area contributed by atoms with Gasteiger partial charge >= 0.3 is 0 Å². The molecule has 0 saturated carbocycles. The second kappa shape index (κ2) is 4.04. The number of epoxide rings is 1. The lowest BCUT2D eigenvalue weighted by molar-refractivity contribution is 0.0320. The highest BCUT2D eigenvalue weighted by molar-refractivity contribution is 4.86. The Balaban J connectivity index is 1.81. The van der Waals surface area contributed by atoms with Gasteiger partial charge in [-0.05, 0) is 13.8 Å². The van der Waals surface area contributed by atoms with E-state index in [1.54, 1.807) is 0 Å². The first kappa shape index (κ1) is 8.97. The maximum absolute atomic E-state index is 5.31. The second-order valence-electron chi connectivity index (χ2n) is 2.99. The summed E-state index contributed by atoms with van der Waals surface area (Å²) < 4.78 is 15.6. The number of hydrogen-bond donors (Lipinski definition) is 0. The lowest BCUT2D eigenvalue weighted by Crippen LogP contribution is -2.16. The summed E-state index contributed by atoms with van der Waals surface area (Å²) in [4.78, 5) is 0. The molecule has 1 aliphatic rings. The highest BCUT2D eigenvalue weighted by Crippen LogP contribution is 2.25. The van der Waals surface area contributed by atoms with Gasteiger partial charge in [-0.15, -0.1) is 0 Å². The third-order valence-corrected chi connectivity index (χ3v) is 1.62. The van der Waals surface area contributed by atoms with Crippen LogP contribution in [0.4, 0.5) is 0 Å². The molecule has 3 heteroatoms. The van der Waals surface area contributed by atoms with E-state index in [9.17, 15) is 0 Å². The van der Waals surface area contributed by atoms with E-state index >= 15 is 0 Å². The summed E-state index contributed by atoms with van der Waals surface area (Å²) in [6, 6.07) is 0. The SMILES string of the molecule is CCOCCOCC1(C)CO1. The van der Waals surface area contributed by atoms with E-state index in [1.165, 1.54) is 0 Å². The van der Waals surface area contributed by atoms with Crippen LogP contribution in [0.15, 0.2) is 0 Å². The van der Waals surface area contributed by atoms with E-state index < -0.39 is 0 Å². The summed E-state index contributed by atoms with van der Waals surface area (Å²) >= 11 is 0. The zero-order valence-electron chi connectivity index (χ0n) is 7.26. The van der Waals surface area contributed by atoms with Gasteiger partial charge in [0.2, 0.25) is 0 Å². The first-order valence-corrected chi connectivity index (χ1v) is 4.06. The first-order chi connectivity index (χ1) is 5.27. The van der Waals surface area contributed by atoms with Crippen LogP contribution < -0.4 is 0 Å². The average molecular weight is 160 g/mol. The number of rotatable bonds is 6. The lowest BCUT2D eigenvalue weighted by Gasteiger charge is -2.06. The highest BCUT2D eigenvalue weighted by Gasteiger charge is 2.39. The van der Waals surface area contributed by atoms with Crippen LogP contribution in [0, 0.1) is 0 Å². The Morgan fingerprint density at radius 3 is 2.55 bits per heavy atom. The van der Waals surface area contributed by atoms with Crippen molar-refractivity contribution in [3.05, 3.63) is 0 Å². The topological polar surface area (TPSA) is 31.0 Å².